The fourth-order valence-corrected chi connectivity index (χ4v) is 3.34. The van der Waals surface area contributed by atoms with Crippen molar-refractivity contribution in [3.8, 4) is 5.75 Å². The van der Waals surface area contributed by atoms with Gasteiger partial charge in [-0.15, -0.1) is 0 Å². The van der Waals surface area contributed by atoms with Crippen LogP contribution in [0.3, 0.4) is 0 Å². The highest BCUT2D eigenvalue weighted by atomic mass is 16.5. The van der Waals surface area contributed by atoms with E-state index in [9.17, 15) is 0 Å². The fraction of sp³-hybridized carbons (Fsp3) is 0.316. The molecule has 2 atom stereocenters. The van der Waals surface area contributed by atoms with Crippen molar-refractivity contribution in [3.05, 3.63) is 64.7 Å². The van der Waals surface area contributed by atoms with Crippen LogP contribution in [0, 0.1) is 13.8 Å². The largest absolute Gasteiger partial charge is 0.497 e. The molecule has 1 aromatic heterocycles. The van der Waals surface area contributed by atoms with Gasteiger partial charge in [-0.2, -0.15) is 0 Å². The van der Waals surface area contributed by atoms with E-state index in [1.54, 1.807) is 7.11 Å². The summed E-state index contributed by atoms with van der Waals surface area (Å²) in [6, 6.07) is 15.0. The molecule has 25 heavy (non-hydrogen) atoms. The molecule has 6 heteroatoms. The first kappa shape index (κ1) is 15.6. The molecule has 0 amide bonds. The molecule has 1 aliphatic rings. The highest BCUT2D eigenvalue weighted by Gasteiger charge is 2.30. The molecule has 0 saturated carbocycles. The van der Waals surface area contributed by atoms with Crippen LogP contribution >= 0.6 is 0 Å². The van der Waals surface area contributed by atoms with E-state index in [-0.39, 0.29) is 12.1 Å². The summed E-state index contributed by atoms with van der Waals surface area (Å²) in [6.07, 6.45) is 0.882. The van der Waals surface area contributed by atoms with Crippen LogP contribution in [-0.4, -0.2) is 27.3 Å². The molecule has 4 rings (SSSR count). The van der Waals surface area contributed by atoms with E-state index in [0.717, 1.165) is 12.2 Å². The van der Waals surface area contributed by atoms with Gasteiger partial charge in [0.1, 0.15) is 5.75 Å². The van der Waals surface area contributed by atoms with E-state index in [0.29, 0.717) is 5.95 Å². The molecule has 0 saturated heterocycles. The first-order chi connectivity index (χ1) is 12.2. The van der Waals surface area contributed by atoms with Crippen LogP contribution in [0.15, 0.2) is 42.5 Å². The number of methoxy groups -OCH3 is 1. The summed E-state index contributed by atoms with van der Waals surface area (Å²) in [6.45, 7) is 4.28. The molecule has 2 heterocycles. The minimum absolute atomic E-state index is 0.0868. The van der Waals surface area contributed by atoms with Gasteiger partial charge in [-0.1, -0.05) is 35.4 Å². The number of benzene rings is 2. The van der Waals surface area contributed by atoms with Crippen LogP contribution in [0.2, 0.25) is 0 Å². The number of hydrogen-bond donors (Lipinski definition) is 1. The molecular formula is C19H21N5O. The number of hydrogen-bond acceptors (Lipinski definition) is 5. The number of tetrazole rings is 1. The minimum Gasteiger partial charge on any atom is -0.497 e. The summed E-state index contributed by atoms with van der Waals surface area (Å²) in [5, 5.41) is 15.6. The van der Waals surface area contributed by atoms with E-state index in [1.165, 1.54) is 22.3 Å². The summed E-state index contributed by atoms with van der Waals surface area (Å²) < 4.78 is 7.13. The molecule has 0 spiro atoms. The normalized spacial score (nSPS) is 19.2. The van der Waals surface area contributed by atoms with E-state index in [4.69, 9.17) is 4.74 Å². The van der Waals surface area contributed by atoms with Gasteiger partial charge in [0.25, 0.3) is 0 Å². The van der Waals surface area contributed by atoms with Crippen LogP contribution in [0.1, 0.15) is 40.8 Å². The molecule has 1 N–H and O–H groups in total. The van der Waals surface area contributed by atoms with Crippen LogP contribution in [0.4, 0.5) is 5.95 Å². The molecule has 0 bridgehead atoms. The van der Waals surface area contributed by atoms with Gasteiger partial charge in [0.2, 0.25) is 5.95 Å². The number of ether oxygens (including phenoxy) is 1. The van der Waals surface area contributed by atoms with E-state index in [2.05, 4.69) is 65.0 Å². The smallest absolute Gasteiger partial charge is 0.243 e. The molecular weight excluding hydrogens is 314 g/mol. The Morgan fingerprint density at radius 3 is 2.52 bits per heavy atom. The number of rotatable bonds is 3. The average molecular weight is 335 g/mol. The third kappa shape index (κ3) is 2.84. The Labute approximate surface area is 146 Å². The van der Waals surface area contributed by atoms with Gasteiger partial charge in [-0.3, -0.25) is 0 Å². The van der Waals surface area contributed by atoms with Gasteiger partial charge < -0.3 is 10.1 Å². The van der Waals surface area contributed by atoms with E-state index >= 15 is 0 Å². The maximum Gasteiger partial charge on any atom is 0.243 e. The summed E-state index contributed by atoms with van der Waals surface area (Å²) in [5.74, 6) is 1.55. The van der Waals surface area contributed by atoms with Crippen molar-refractivity contribution in [3.63, 3.8) is 0 Å². The lowest BCUT2D eigenvalue weighted by molar-refractivity contribution is 0.410. The summed E-state index contributed by atoms with van der Waals surface area (Å²) >= 11 is 0. The third-order valence-electron chi connectivity index (χ3n) is 4.98. The highest BCUT2D eigenvalue weighted by Crippen LogP contribution is 2.37. The number of nitrogens with one attached hydrogen (secondary N) is 1. The second kappa shape index (κ2) is 6.20. The van der Waals surface area contributed by atoms with E-state index in [1.807, 2.05) is 16.8 Å². The van der Waals surface area contributed by atoms with Gasteiger partial charge in [-0.05, 0) is 65.1 Å². The number of aromatic nitrogens is 4. The average Bonchev–Trinajstić information content (AvgIpc) is 3.12. The van der Waals surface area contributed by atoms with Crippen molar-refractivity contribution in [1.82, 2.24) is 20.2 Å². The highest BCUT2D eigenvalue weighted by molar-refractivity contribution is 5.40. The second-order valence-electron chi connectivity index (χ2n) is 6.51. The SMILES string of the molecule is COc1ccc(C2CC(c3ccc(C)c(C)c3)Nc3nnnn32)cc1. The third-order valence-corrected chi connectivity index (χ3v) is 4.98. The van der Waals surface area contributed by atoms with E-state index < -0.39 is 0 Å². The second-order valence-corrected chi connectivity index (χ2v) is 6.51. The van der Waals surface area contributed by atoms with Crippen molar-refractivity contribution >= 4 is 5.95 Å². The van der Waals surface area contributed by atoms with Crippen molar-refractivity contribution in [1.29, 1.82) is 0 Å². The van der Waals surface area contributed by atoms with Gasteiger partial charge >= 0.3 is 0 Å². The van der Waals surface area contributed by atoms with Crippen LogP contribution in [-0.2, 0) is 0 Å². The summed E-state index contributed by atoms with van der Waals surface area (Å²) in [5.41, 5.74) is 5.03. The van der Waals surface area contributed by atoms with Crippen molar-refractivity contribution in [2.45, 2.75) is 32.4 Å². The molecule has 3 aromatic rings. The maximum atomic E-state index is 5.27. The molecule has 0 radical (unpaired) electrons. The molecule has 6 nitrogen and oxygen atoms in total. The number of anilines is 1. The zero-order valence-corrected chi connectivity index (χ0v) is 14.6. The Bertz CT molecular complexity index is 887. The van der Waals surface area contributed by atoms with Crippen molar-refractivity contribution in [2.75, 3.05) is 12.4 Å². The van der Waals surface area contributed by atoms with Gasteiger partial charge in [0.15, 0.2) is 0 Å². The predicted octanol–water partition coefficient (Wildman–Crippen LogP) is 3.44. The molecule has 0 fully saturated rings. The van der Waals surface area contributed by atoms with Crippen LogP contribution in [0.5, 0.6) is 5.75 Å². The molecule has 2 unspecified atom stereocenters. The zero-order valence-electron chi connectivity index (χ0n) is 14.6. The Hall–Kier alpha value is -2.89. The Balaban J connectivity index is 1.70. The van der Waals surface area contributed by atoms with Crippen molar-refractivity contribution in [2.24, 2.45) is 0 Å². The van der Waals surface area contributed by atoms with Gasteiger partial charge in [-0.25, -0.2) is 4.68 Å². The standard InChI is InChI=1S/C19H21N5O/c1-12-4-5-15(10-13(12)2)17-11-18(24-19(20-17)21-22-23-24)14-6-8-16(25-3)9-7-14/h4-10,17-18H,11H2,1-3H3,(H,20,21,23). The van der Waals surface area contributed by atoms with Gasteiger partial charge in [0.05, 0.1) is 19.2 Å². The lowest BCUT2D eigenvalue weighted by Crippen LogP contribution is -2.28. The van der Waals surface area contributed by atoms with Crippen LogP contribution < -0.4 is 10.1 Å². The lowest BCUT2D eigenvalue weighted by Gasteiger charge is -2.31. The Morgan fingerprint density at radius 2 is 1.80 bits per heavy atom. The molecule has 0 aliphatic carbocycles. The van der Waals surface area contributed by atoms with Crippen LogP contribution in [0.25, 0.3) is 0 Å². The summed E-state index contributed by atoms with van der Waals surface area (Å²) in [4.78, 5) is 0. The zero-order chi connectivity index (χ0) is 17.4. The molecule has 1 aliphatic heterocycles. The topological polar surface area (TPSA) is 64.9 Å². The first-order valence-electron chi connectivity index (χ1n) is 8.41. The number of fused-ring (bicyclic) bond motifs is 1. The quantitative estimate of drug-likeness (QED) is 0.794. The number of nitrogens with zero attached hydrogens (tertiary/aromatic N) is 4. The monoisotopic (exact) mass is 335 g/mol. The predicted molar refractivity (Wildman–Crippen MR) is 95.8 cm³/mol. The number of aryl methyl sites for hydroxylation is 2. The maximum absolute atomic E-state index is 5.27. The lowest BCUT2D eigenvalue weighted by atomic mass is 9.92. The molecule has 2 aromatic carbocycles. The Kier molecular flexibility index (Phi) is 3.87. The van der Waals surface area contributed by atoms with Crippen molar-refractivity contribution < 1.29 is 4.74 Å². The van der Waals surface area contributed by atoms with Gasteiger partial charge in [0, 0.05) is 0 Å². The minimum atomic E-state index is 0.0868. The summed E-state index contributed by atoms with van der Waals surface area (Å²) in [7, 11) is 1.68. The first-order valence-corrected chi connectivity index (χ1v) is 8.41. The Morgan fingerprint density at radius 1 is 1.04 bits per heavy atom. The fourth-order valence-electron chi connectivity index (χ4n) is 3.34. The molecule has 128 valence electrons.